The molecular weight excluding hydrogens is 235 g/mol. The van der Waals surface area contributed by atoms with Crippen LogP contribution in [0.3, 0.4) is 0 Å². The highest BCUT2D eigenvalue weighted by Gasteiger charge is 2.10. The van der Waals surface area contributed by atoms with Crippen LogP contribution >= 0.6 is 23.2 Å². The van der Waals surface area contributed by atoms with Crippen LogP contribution in [0.1, 0.15) is 18.9 Å². The molecule has 0 fully saturated rings. The number of allylic oxidation sites excluding steroid dienone is 1. The van der Waals surface area contributed by atoms with Gasteiger partial charge >= 0.3 is 5.97 Å². The van der Waals surface area contributed by atoms with Crippen molar-refractivity contribution in [1.82, 2.24) is 0 Å². The van der Waals surface area contributed by atoms with Crippen molar-refractivity contribution in [2.45, 2.75) is 13.3 Å². The van der Waals surface area contributed by atoms with E-state index in [-0.39, 0.29) is 0 Å². The van der Waals surface area contributed by atoms with Gasteiger partial charge in [-0.25, -0.2) is 4.79 Å². The molecule has 4 heteroatoms. The van der Waals surface area contributed by atoms with Crippen molar-refractivity contribution >= 4 is 34.7 Å². The first-order valence-electron chi connectivity index (χ1n) is 4.44. The van der Waals surface area contributed by atoms with Gasteiger partial charge in [0.05, 0.1) is 0 Å². The summed E-state index contributed by atoms with van der Waals surface area (Å²) in [7, 11) is 0. The van der Waals surface area contributed by atoms with Crippen molar-refractivity contribution in [2.75, 3.05) is 0 Å². The molecule has 0 spiro atoms. The highest BCUT2D eigenvalue weighted by Crippen LogP contribution is 2.32. The molecule has 0 heterocycles. The van der Waals surface area contributed by atoms with Crippen LogP contribution in [0.5, 0.6) is 0 Å². The fourth-order valence-electron chi connectivity index (χ4n) is 1.30. The molecule has 0 bridgehead atoms. The minimum absolute atomic E-state index is 0.469. The predicted octanol–water partition coefficient (Wildman–Crippen LogP) is 3.87. The van der Waals surface area contributed by atoms with Gasteiger partial charge in [-0.1, -0.05) is 36.2 Å². The Balaban J connectivity index is 3.30. The van der Waals surface area contributed by atoms with Crippen LogP contribution in [0.15, 0.2) is 24.3 Å². The minimum Gasteiger partial charge on any atom is -0.478 e. The first kappa shape index (κ1) is 12.1. The summed E-state index contributed by atoms with van der Waals surface area (Å²) in [5.74, 6) is -0.997. The van der Waals surface area contributed by atoms with Gasteiger partial charge in [-0.05, 0) is 24.1 Å². The second-order valence-corrected chi connectivity index (χ2v) is 3.77. The molecular formula is C11H10Cl2O2. The van der Waals surface area contributed by atoms with Crippen molar-refractivity contribution in [3.05, 3.63) is 39.9 Å². The van der Waals surface area contributed by atoms with Gasteiger partial charge in [0.2, 0.25) is 0 Å². The Hall–Kier alpha value is -0.990. The van der Waals surface area contributed by atoms with Gasteiger partial charge < -0.3 is 5.11 Å². The summed E-state index contributed by atoms with van der Waals surface area (Å²) in [6.07, 6.45) is 1.70. The van der Waals surface area contributed by atoms with Crippen LogP contribution in [0.25, 0.3) is 5.57 Å². The highest BCUT2D eigenvalue weighted by atomic mass is 35.5. The minimum atomic E-state index is -0.997. The molecule has 0 amide bonds. The lowest BCUT2D eigenvalue weighted by atomic mass is 10.0. The van der Waals surface area contributed by atoms with E-state index in [1.54, 1.807) is 18.2 Å². The van der Waals surface area contributed by atoms with E-state index in [4.69, 9.17) is 28.3 Å². The van der Waals surface area contributed by atoms with Gasteiger partial charge in [0.15, 0.2) is 0 Å². The quantitative estimate of drug-likeness (QED) is 0.820. The number of carboxylic acids is 1. The summed E-state index contributed by atoms with van der Waals surface area (Å²) in [5, 5.41) is 9.63. The van der Waals surface area contributed by atoms with Crippen molar-refractivity contribution in [3.8, 4) is 0 Å². The van der Waals surface area contributed by atoms with Gasteiger partial charge in [-0.15, -0.1) is 0 Å². The van der Waals surface area contributed by atoms with Crippen molar-refractivity contribution in [1.29, 1.82) is 0 Å². The largest absolute Gasteiger partial charge is 0.478 e. The van der Waals surface area contributed by atoms with E-state index in [0.717, 1.165) is 6.08 Å². The zero-order valence-electron chi connectivity index (χ0n) is 8.13. The molecule has 1 aromatic rings. The van der Waals surface area contributed by atoms with Gasteiger partial charge in [-0.2, -0.15) is 0 Å². The number of benzene rings is 1. The third-order valence-corrected chi connectivity index (χ3v) is 2.59. The van der Waals surface area contributed by atoms with Crippen molar-refractivity contribution in [3.63, 3.8) is 0 Å². The average molecular weight is 245 g/mol. The van der Waals surface area contributed by atoms with Crippen LogP contribution in [-0.4, -0.2) is 11.1 Å². The Morgan fingerprint density at radius 1 is 1.40 bits per heavy atom. The van der Waals surface area contributed by atoms with E-state index in [9.17, 15) is 4.79 Å². The van der Waals surface area contributed by atoms with Crippen LogP contribution in [0.2, 0.25) is 10.0 Å². The number of hydrogen-bond acceptors (Lipinski definition) is 1. The fourth-order valence-corrected chi connectivity index (χ4v) is 1.94. The topological polar surface area (TPSA) is 37.3 Å². The number of halogens is 2. The Labute approximate surface area is 98.1 Å². The highest BCUT2D eigenvalue weighted by molar-refractivity contribution is 6.37. The Morgan fingerprint density at radius 3 is 2.33 bits per heavy atom. The predicted molar refractivity (Wildman–Crippen MR) is 62.4 cm³/mol. The van der Waals surface area contributed by atoms with Gasteiger partial charge in [0, 0.05) is 21.7 Å². The molecule has 0 saturated heterocycles. The van der Waals surface area contributed by atoms with Gasteiger partial charge in [-0.3, -0.25) is 0 Å². The Morgan fingerprint density at radius 2 is 1.93 bits per heavy atom. The molecule has 0 aliphatic carbocycles. The normalized spacial score (nSPS) is 11.5. The number of carboxylic acid groups (broad SMARTS) is 1. The first-order chi connectivity index (χ1) is 7.06. The fraction of sp³-hybridized carbons (Fsp3) is 0.182. The first-order valence-corrected chi connectivity index (χ1v) is 5.19. The van der Waals surface area contributed by atoms with E-state index < -0.39 is 5.97 Å². The molecule has 1 N–H and O–H groups in total. The third-order valence-electron chi connectivity index (χ3n) is 1.96. The van der Waals surface area contributed by atoms with Gasteiger partial charge in [0.25, 0.3) is 0 Å². The zero-order chi connectivity index (χ0) is 11.4. The van der Waals surface area contributed by atoms with Crippen molar-refractivity contribution in [2.24, 2.45) is 0 Å². The summed E-state index contributed by atoms with van der Waals surface area (Å²) < 4.78 is 0. The molecule has 0 aliphatic rings. The van der Waals surface area contributed by atoms with E-state index in [1.165, 1.54) is 0 Å². The standard InChI is InChI=1S/C11H10Cl2O2/c1-2-7(6-10(14)15)11-8(12)4-3-5-9(11)13/h3-6H,2H2,1H3,(H,14,15)/b7-6+. The third kappa shape index (κ3) is 2.98. The number of aliphatic carboxylic acids is 1. The molecule has 1 rings (SSSR count). The average Bonchev–Trinajstić information content (AvgIpc) is 2.15. The van der Waals surface area contributed by atoms with Crippen molar-refractivity contribution < 1.29 is 9.90 Å². The zero-order valence-corrected chi connectivity index (χ0v) is 9.64. The van der Waals surface area contributed by atoms with Crippen LogP contribution in [-0.2, 0) is 4.79 Å². The summed E-state index contributed by atoms with van der Waals surface area (Å²) in [6.45, 7) is 1.86. The molecule has 1 aromatic carbocycles. The molecule has 2 nitrogen and oxygen atoms in total. The molecule has 80 valence electrons. The maximum absolute atomic E-state index is 10.6. The van der Waals surface area contributed by atoms with Crippen LogP contribution in [0, 0.1) is 0 Å². The maximum Gasteiger partial charge on any atom is 0.328 e. The molecule has 0 atom stereocenters. The molecule has 0 saturated carbocycles. The maximum atomic E-state index is 10.6. The second-order valence-electron chi connectivity index (χ2n) is 2.96. The molecule has 0 aliphatic heterocycles. The smallest absolute Gasteiger partial charge is 0.328 e. The molecule has 0 radical (unpaired) electrons. The summed E-state index contributed by atoms with van der Waals surface area (Å²) >= 11 is 11.9. The Kier molecular flexibility index (Phi) is 4.18. The molecule has 15 heavy (non-hydrogen) atoms. The summed E-state index contributed by atoms with van der Waals surface area (Å²) in [5.41, 5.74) is 1.23. The SMILES string of the molecule is CC/C(=C\C(=O)O)c1c(Cl)cccc1Cl. The van der Waals surface area contributed by atoms with Gasteiger partial charge in [0.1, 0.15) is 0 Å². The molecule has 0 unspecified atom stereocenters. The number of rotatable bonds is 3. The number of hydrogen-bond donors (Lipinski definition) is 1. The van der Waals surface area contributed by atoms with E-state index in [1.807, 2.05) is 6.92 Å². The molecule has 0 aromatic heterocycles. The van der Waals surface area contributed by atoms with E-state index in [0.29, 0.717) is 27.6 Å². The Bertz CT molecular complexity index is 391. The monoisotopic (exact) mass is 244 g/mol. The summed E-state index contributed by atoms with van der Waals surface area (Å²) in [6, 6.07) is 5.10. The lowest BCUT2D eigenvalue weighted by Crippen LogP contribution is -1.93. The number of carbonyl (C=O) groups is 1. The lowest BCUT2D eigenvalue weighted by Gasteiger charge is -2.08. The van der Waals surface area contributed by atoms with E-state index in [2.05, 4.69) is 0 Å². The lowest BCUT2D eigenvalue weighted by molar-refractivity contribution is -0.131. The second kappa shape index (κ2) is 5.19. The van der Waals surface area contributed by atoms with E-state index >= 15 is 0 Å². The summed E-state index contributed by atoms with van der Waals surface area (Å²) in [4.78, 5) is 10.6. The van der Waals surface area contributed by atoms with Crippen LogP contribution < -0.4 is 0 Å². The van der Waals surface area contributed by atoms with Crippen LogP contribution in [0.4, 0.5) is 0 Å².